The average molecular weight is 282 g/mol. The monoisotopic (exact) mass is 282 g/mol. The normalized spacial score (nSPS) is 21.2. The topological polar surface area (TPSA) is 65.5 Å². The van der Waals surface area contributed by atoms with Crippen molar-refractivity contribution in [3.8, 4) is 0 Å². The van der Waals surface area contributed by atoms with Crippen LogP contribution in [-0.4, -0.2) is 55.1 Å². The number of morpholine rings is 1. The molecule has 0 amide bonds. The van der Waals surface area contributed by atoms with E-state index in [1.165, 1.54) is 0 Å². The van der Waals surface area contributed by atoms with E-state index in [0.29, 0.717) is 13.2 Å². The molecule has 2 heterocycles. The minimum atomic E-state index is 0.0332. The molecule has 1 saturated heterocycles. The van der Waals surface area contributed by atoms with Gasteiger partial charge >= 0.3 is 0 Å². The second kappa shape index (κ2) is 7.06. The number of anilines is 1. The van der Waals surface area contributed by atoms with Gasteiger partial charge in [-0.15, -0.1) is 0 Å². The predicted octanol–water partition coefficient (Wildman–Crippen LogP) is 0.644. The van der Waals surface area contributed by atoms with Gasteiger partial charge in [-0.05, 0) is 13.3 Å². The Kier molecular flexibility index (Phi) is 5.39. The van der Waals surface area contributed by atoms with E-state index >= 15 is 0 Å². The number of nitrogens with two attached hydrogens (primary N) is 1. The van der Waals surface area contributed by atoms with Gasteiger partial charge in [0, 0.05) is 39.0 Å². The average Bonchev–Trinajstić information content (AvgIpc) is 2.88. The highest BCUT2D eigenvalue weighted by molar-refractivity contribution is 5.34. The van der Waals surface area contributed by atoms with Crippen molar-refractivity contribution in [2.75, 3.05) is 38.3 Å². The van der Waals surface area contributed by atoms with Crippen LogP contribution in [0.15, 0.2) is 6.20 Å². The van der Waals surface area contributed by atoms with E-state index in [1.807, 2.05) is 6.92 Å². The van der Waals surface area contributed by atoms with Gasteiger partial charge in [-0.2, -0.15) is 0 Å². The molecule has 2 atom stereocenters. The Balaban J connectivity index is 2.15. The van der Waals surface area contributed by atoms with Crippen LogP contribution in [0.2, 0.25) is 0 Å². The fourth-order valence-corrected chi connectivity index (χ4v) is 2.41. The van der Waals surface area contributed by atoms with Crippen molar-refractivity contribution in [2.24, 2.45) is 5.73 Å². The Morgan fingerprint density at radius 1 is 1.60 bits per heavy atom. The molecule has 0 radical (unpaired) electrons. The third-order valence-electron chi connectivity index (χ3n) is 3.67. The summed E-state index contributed by atoms with van der Waals surface area (Å²) in [6.07, 6.45) is 3.13. The van der Waals surface area contributed by atoms with Crippen LogP contribution >= 0.6 is 0 Å². The highest BCUT2D eigenvalue weighted by Crippen LogP contribution is 2.19. The Bertz CT molecular complexity index is 419. The SMILES string of the molecule is CCc1cn(CCOC)c(N2CCOC(C(C)N)C2)n1. The Morgan fingerprint density at radius 2 is 2.40 bits per heavy atom. The van der Waals surface area contributed by atoms with Crippen LogP contribution in [0.4, 0.5) is 5.95 Å². The summed E-state index contributed by atoms with van der Waals surface area (Å²) in [5.41, 5.74) is 7.07. The van der Waals surface area contributed by atoms with Gasteiger partial charge in [-0.3, -0.25) is 0 Å². The number of rotatable bonds is 6. The van der Waals surface area contributed by atoms with Crippen LogP contribution in [0.25, 0.3) is 0 Å². The van der Waals surface area contributed by atoms with Crippen LogP contribution in [0, 0.1) is 0 Å². The number of aromatic nitrogens is 2. The number of methoxy groups -OCH3 is 1. The van der Waals surface area contributed by atoms with Gasteiger partial charge in [0.15, 0.2) is 0 Å². The van der Waals surface area contributed by atoms with Gasteiger partial charge in [0.2, 0.25) is 5.95 Å². The molecule has 1 fully saturated rings. The molecule has 0 bridgehead atoms. The van der Waals surface area contributed by atoms with Gasteiger partial charge < -0.3 is 24.7 Å². The van der Waals surface area contributed by atoms with Crippen molar-refractivity contribution in [3.05, 3.63) is 11.9 Å². The van der Waals surface area contributed by atoms with Crippen molar-refractivity contribution in [3.63, 3.8) is 0 Å². The molecule has 0 aliphatic carbocycles. The maximum Gasteiger partial charge on any atom is 0.205 e. The summed E-state index contributed by atoms with van der Waals surface area (Å²) in [4.78, 5) is 7.01. The van der Waals surface area contributed by atoms with E-state index in [2.05, 4.69) is 22.6 Å². The lowest BCUT2D eigenvalue weighted by molar-refractivity contribution is 0.0268. The first-order chi connectivity index (χ1) is 9.65. The molecule has 2 unspecified atom stereocenters. The standard InChI is InChI=1S/C14H26N4O2/c1-4-12-9-17(5-7-19-3)14(16-12)18-6-8-20-13(10-18)11(2)15/h9,11,13H,4-8,10,15H2,1-3H3. The lowest BCUT2D eigenvalue weighted by Crippen LogP contribution is -2.50. The Morgan fingerprint density at radius 3 is 3.05 bits per heavy atom. The fraction of sp³-hybridized carbons (Fsp3) is 0.786. The largest absolute Gasteiger partial charge is 0.383 e. The van der Waals surface area contributed by atoms with Crippen molar-refractivity contribution in [2.45, 2.75) is 39.0 Å². The highest BCUT2D eigenvalue weighted by Gasteiger charge is 2.26. The molecule has 6 nitrogen and oxygen atoms in total. The van der Waals surface area contributed by atoms with Crippen molar-refractivity contribution in [1.29, 1.82) is 0 Å². The van der Waals surface area contributed by atoms with E-state index in [4.69, 9.17) is 20.2 Å². The van der Waals surface area contributed by atoms with Crippen molar-refractivity contribution in [1.82, 2.24) is 9.55 Å². The van der Waals surface area contributed by atoms with Crippen LogP contribution in [0.1, 0.15) is 19.5 Å². The van der Waals surface area contributed by atoms with Crippen LogP contribution in [0.5, 0.6) is 0 Å². The number of nitrogens with zero attached hydrogens (tertiary/aromatic N) is 3. The molecule has 20 heavy (non-hydrogen) atoms. The number of hydrogen-bond donors (Lipinski definition) is 1. The van der Waals surface area contributed by atoms with Gasteiger partial charge in [-0.25, -0.2) is 4.98 Å². The molecule has 0 saturated carbocycles. The molecule has 0 aromatic carbocycles. The van der Waals surface area contributed by atoms with E-state index in [9.17, 15) is 0 Å². The molecule has 2 rings (SSSR count). The number of aryl methyl sites for hydroxylation is 1. The van der Waals surface area contributed by atoms with Crippen molar-refractivity contribution >= 4 is 5.95 Å². The molecule has 6 heteroatoms. The lowest BCUT2D eigenvalue weighted by Gasteiger charge is -2.35. The lowest BCUT2D eigenvalue weighted by atomic mass is 10.1. The van der Waals surface area contributed by atoms with E-state index in [-0.39, 0.29) is 12.1 Å². The molecule has 1 aliphatic rings. The summed E-state index contributed by atoms with van der Waals surface area (Å²) in [5.74, 6) is 1.01. The third kappa shape index (κ3) is 3.50. The second-order valence-electron chi connectivity index (χ2n) is 5.29. The molecular weight excluding hydrogens is 256 g/mol. The number of hydrogen-bond acceptors (Lipinski definition) is 5. The maximum absolute atomic E-state index is 5.96. The van der Waals surface area contributed by atoms with Gasteiger partial charge in [0.1, 0.15) is 0 Å². The quantitative estimate of drug-likeness (QED) is 0.829. The van der Waals surface area contributed by atoms with Gasteiger partial charge in [0.05, 0.1) is 25.0 Å². The summed E-state index contributed by atoms with van der Waals surface area (Å²) in [5, 5.41) is 0. The van der Waals surface area contributed by atoms with Crippen LogP contribution < -0.4 is 10.6 Å². The zero-order valence-corrected chi connectivity index (χ0v) is 12.7. The first-order valence-electron chi connectivity index (χ1n) is 7.32. The molecular formula is C14H26N4O2. The summed E-state index contributed by atoms with van der Waals surface area (Å²) in [6.45, 7) is 7.97. The fourth-order valence-electron chi connectivity index (χ4n) is 2.41. The molecule has 1 aliphatic heterocycles. The summed E-state index contributed by atoms with van der Waals surface area (Å²) < 4.78 is 13.1. The summed E-state index contributed by atoms with van der Waals surface area (Å²) in [6, 6.07) is 0.0332. The Labute approximate surface area is 120 Å². The Hall–Kier alpha value is -1.11. The van der Waals surface area contributed by atoms with Crippen molar-refractivity contribution < 1.29 is 9.47 Å². The minimum Gasteiger partial charge on any atom is -0.383 e. The zero-order chi connectivity index (χ0) is 14.5. The highest BCUT2D eigenvalue weighted by atomic mass is 16.5. The molecule has 0 spiro atoms. The van der Waals surface area contributed by atoms with Crippen LogP contribution in [0.3, 0.4) is 0 Å². The third-order valence-corrected chi connectivity index (χ3v) is 3.67. The van der Waals surface area contributed by atoms with E-state index in [1.54, 1.807) is 7.11 Å². The first-order valence-corrected chi connectivity index (χ1v) is 7.32. The number of imidazole rings is 1. The minimum absolute atomic E-state index is 0.0332. The first kappa shape index (κ1) is 15.3. The predicted molar refractivity (Wildman–Crippen MR) is 79.1 cm³/mol. The van der Waals surface area contributed by atoms with Crippen LogP contribution in [-0.2, 0) is 22.4 Å². The van der Waals surface area contributed by atoms with E-state index in [0.717, 1.165) is 37.7 Å². The zero-order valence-electron chi connectivity index (χ0n) is 12.7. The van der Waals surface area contributed by atoms with E-state index < -0.39 is 0 Å². The molecule has 2 N–H and O–H groups in total. The summed E-state index contributed by atoms with van der Waals surface area (Å²) >= 11 is 0. The number of ether oxygens (including phenoxy) is 2. The second-order valence-corrected chi connectivity index (χ2v) is 5.29. The molecule has 1 aromatic rings. The maximum atomic E-state index is 5.96. The van der Waals surface area contributed by atoms with Gasteiger partial charge in [0.25, 0.3) is 0 Å². The molecule has 1 aromatic heterocycles. The van der Waals surface area contributed by atoms with Gasteiger partial charge in [-0.1, -0.05) is 6.92 Å². The smallest absolute Gasteiger partial charge is 0.205 e. The molecule has 114 valence electrons. The summed E-state index contributed by atoms with van der Waals surface area (Å²) in [7, 11) is 1.72.